The van der Waals surface area contributed by atoms with E-state index in [0.717, 1.165) is 45.1 Å². The second-order valence-electron chi connectivity index (χ2n) is 4.49. The predicted octanol–water partition coefficient (Wildman–Crippen LogP) is 0.711. The van der Waals surface area contributed by atoms with Crippen LogP contribution in [0.25, 0.3) is 0 Å². The first-order valence-corrected chi connectivity index (χ1v) is 6.33. The highest BCUT2D eigenvalue weighted by Gasteiger charge is 2.10. The van der Waals surface area contributed by atoms with E-state index in [1.54, 1.807) is 18.2 Å². The molecule has 6 heteroatoms. The van der Waals surface area contributed by atoms with Gasteiger partial charge in [0, 0.05) is 37.6 Å². The van der Waals surface area contributed by atoms with Crippen LogP contribution in [-0.2, 0) is 4.74 Å². The first-order chi connectivity index (χ1) is 9.16. The molecule has 2 rings (SSSR count). The Morgan fingerprint density at radius 3 is 2.84 bits per heavy atom. The molecule has 1 aliphatic heterocycles. The van der Waals surface area contributed by atoms with Gasteiger partial charge in [-0.05, 0) is 18.2 Å². The first kappa shape index (κ1) is 13.6. The normalized spacial score (nSPS) is 16.2. The summed E-state index contributed by atoms with van der Waals surface area (Å²) in [5, 5.41) is 12.2. The molecule has 0 saturated carbocycles. The maximum Gasteiger partial charge on any atom is 0.337 e. The van der Waals surface area contributed by atoms with E-state index < -0.39 is 5.97 Å². The highest BCUT2D eigenvalue weighted by molar-refractivity contribution is 5.94. The van der Waals surface area contributed by atoms with Crippen LogP contribution in [0, 0.1) is 0 Å². The van der Waals surface area contributed by atoms with Crippen molar-refractivity contribution >= 4 is 17.3 Å². The molecule has 4 N–H and O–H groups in total. The Bertz CT molecular complexity index is 445. The molecule has 19 heavy (non-hydrogen) atoms. The average Bonchev–Trinajstić information content (AvgIpc) is 2.41. The summed E-state index contributed by atoms with van der Waals surface area (Å²) in [6, 6.07) is 4.97. The van der Waals surface area contributed by atoms with Gasteiger partial charge in [0.2, 0.25) is 0 Å². The van der Waals surface area contributed by atoms with Gasteiger partial charge in [-0.25, -0.2) is 4.79 Å². The maximum absolute atomic E-state index is 11.0. The third kappa shape index (κ3) is 3.84. The van der Waals surface area contributed by atoms with Crippen LogP contribution >= 0.6 is 0 Å². The lowest BCUT2D eigenvalue weighted by Crippen LogP contribution is -2.39. The van der Waals surface area contributed by atoms with Gasteiger partial charge in [0.1, 0.15) is 0 Å². The van der Waals surface area contributed by atoms with Gasteiger partial charge in [-0.2, -0.15) is 0 Å². The summed E-state index contributed by atoms with van der Waals surface area (Å²) in [5.41, 5.74) is 6.80. The van der Waals surface area contributed by atoms with Gasteiger partial charge < -0.3 is 20.9 Å². The molecule has 1 aliphatic rings. The summed E-state index contributed by atoms with van der Waals surface area (Å²) in [6.07, 6.45) is 0. The molecule has 0 aromatic heterocycles. The zero-order valence-electron chi connectivity index (χ0n) is 10.8. The SMILES string of the molecule is Nc1ccc(NCCN2CCOCC2)cc1C(=O)O. The molecule has 104 valence electrons. The van der Waals surface area contributed by atoms with Crippen molar-refractivity contribution in [2.24, 2.45) is 0 Å². The van der Waals surface area contributed by atoms with Crippen molar-refractivity contribution in [1.82, 2.24) is 4.90 Å². The third-order valence-electron chi connectivity index (χ3n) is 3.14. The van der Waals surface area contributed by atoms with Crippen LogP contribution in [-0.4, -0.2) is 55.4 Å². The van der Waals surface area contributed by atoms with Crippen LogP contribution in [0.15, 0.2) is 18.2 Å². The van der Waals surface area contributed by atoms with E-state index in [2.05, 4.69) is 10.2 Å². The monoisotopic (exact) mass is 265 g/mol. The van der Waals surface area contributed by atoms with Crippen molar-refractivity contribution in [3.05, 3.63) is 23.8 Å². The number of benzene rings is 1. The van der Waals surface area contributed by atoms with Crippen LogP contribution in [0.5, 0.6) is 0 Å². The van der Waals surface area contributed by atoms with Crippen molar-refractivity contribution in [2.45, 2.75) is 0 Å². The summed E-state index contributed by atoms with van der Waals surface area (Å²) >= 11 is 0. The fourth-order valence-corrected chi connectivity index (χ4v) is 2.03. The number of carboxylic acids is 1. The standard InChI is InChI=1S/C13H19N3O3/c14-12-2-1-10(9-11(12)13(17)18)15-3-4-16-5-7-19-8-6-16/h1-2,9,15H,3-8,14H2,(H,17,18). The Hall–Kier alpha value is -1.79. The molecule has 1 aromatic rings. The van der Waals surface area contributed by atoms with Crippen LogP contribution in [0.2, 0.25) is 0 Å². The zero-order chi connectivity index (χ0) is 13.7. The lowest BCUT2D eigenvalue weighted by atomic mass is 10.1. The van der Waals surface area contributed by atoms with E-state index in [9.17, 15) is 4.79 Å². The summed E-state index contributed by atoms with van der Waals surface area (Å²) in [7, 11) is 0. The van der Waals surface area contributed by atoms with Crippen LogP contribution < -0.4 is 11.1 Å². The molecule has 1 saturated heterocycles. The Morgan fingerprint density at radius 2 is 2.16 bits per heavy atom. The van der Waals surface area contributed by atoms with E-state index in [0.29, 0.717) is 0 Å². The number of nitrogens with zero attached hydrogens (tertiary/aromatic N) is 1. The number of aromatic carboxylic acids is 1. The number of morpholine rings is 1. The molecule has 0 unspecified atom stereocenters. The van der Waals surface area contributed by atoms with E-state index >= 15 is 0 Å². The number of nitrogen functional groups attached to an aromatic ring is 1. The minimum absolute atomic E-state index is 0.136. The number of rotatable bonds is 5. The molecule has 1 heterocycles. The molecule has 0 radical (unpaired) electrons. The van der Waals surface area contributed by atoms with Gasteiger partial charge in [-0.1, -0.05) is 0 Å². The number of anilines is 2. The minimum Gasteiger partial charge on any atom is -0.478 e. The Labute approximate surface area is 112 Å². The molecule has 0 amide bonds. The van der Waals surface area contributed by atoms with Gasteiger partial charge in [0.25, 0.3) is 0 Å². The molecular weight excluding hydrogens is 246 g/mol. The number of carbonyl (C=O) groups is 1. The largest absolute Gasteiger partial charge is 0.478 e. The zero-order valence-corrected chi connectivity index (χ0v) is 10.8. The number of ether oxygens (including phenoxy) is 1. The third-order valence-corrected chi connectivity index (χ3v) is 3.14. The molecule has 0 spiro atoms. The summed E-state index contributed by atoms with van der Waals surface area (Å²) in [6.45, 7) is 5.14. The second kappa shape index (κ2) is 6.40. The molecular formula is C13H19N3O3. The maximum atomic E-state index is 11.0. The van der Waals surface area contributed by atoms with Crippen molar-refractivity contribution in [3.63, 3.8) is 0 Å². The molecule has 0 aliphatic carbocycles. The van der Waals surface area contributed by atoms with Gasteiger partial charge in [-0.3, -0.25) is 4.90 Å². The lowest BCUT2D eigenvalue weighted by molar-refractivity contribution is 0.0398. The van der Waals surface area contributed by atoms with Crippen molar-refractivity contribution in [3.8, 4) is 0 Å². The summed E-state index contributed by atoms with van der Waals surface area (Å²) in [5.74, 6) is -1.01. The summed E-state index contributed by atoms with van der Waals surface area (Å²) in [4.78, 5) is 13.3. The van der Waals surface area contributed by atoms with Crippen LogP contribution in [0.4, 0.5) is 11.4 Å². The van der Waals surface area contributed by atoms with Crippen LogP contribution in [0.1, 0.15) is 10.4 Å². The van der Waals surface area contributed by atoms with E-state index in [4.69, 9.17) is 15.6 Å². The quantitative estimate of drug-likeness (QED) is 0.680. The lowest BCUT2D eigenvalue weighted by Gasteiger charge is -2.26. The van der Waals surface area contributed by atoms with Gasteiger partial charge in [-0.15, -0.1) is 0 Å². The van der Waals surface area contributed by atoms with E-state index in [-0.39, 0.29) is 11.3 Å². The highest BCUT2D eigenvalue weighted by atomic mass is 16.5. The van der Waals surface area contributed by atoms with Crippen molar-refractivity contribution in [2.75, 3.05) is 50.4 Å². The number of nitrogens with one attached hydrogen (secondary N) is 1. The second-order valence-corrected chi connectivity index (χ2v) is 4.49. The number of hydrogen-bond donors (Lipinski definition) is 3. The number of hydrogen-bond acceptors (Lipinski definition) is 5. The Balaban J connectivity index is 1.85. The fourth-order valence-electron chi connectivity index (χ4n) is 2.03. The highest BCUT2D eigenvalue weighted by Crippen LogP contribution is 2.17. The van der Waals surface area contributed by atoms with Crippen LogP contribution in [0.3, 0.4) is 0 Å². The number of carboxylic acid groups (broad SMARTS) is 1. The Kier molecular flexibility index (Phi) is 4.59. The Morgan fingerprint density at radius 1 is 1.42 bits per heavy atom. The number of nitrogens with two attached hydrogens (primary N) is 1. The predicted molar refractivity (Wildman–Crippen MR) is 73.6 cm³/mol. The molecule has 0 atom stereocenters. The smallest absolute Gasteiger partial charge is 0.337 e. The van der Waals surface area contributed by atoms with Gasteiger partial charge in [0.15, 0.2) is 0 Å². The van der Waals surface area contributed by atoms with Crippen molar-refractivity contribution < 1.29 is 14.6 Å². The summed E-state index contributed by atoms with van der Waals surface area (Å²) < 4.78 is 5.28. The average molecular weight is 265 g/mol. The minimum atomic E-state index is -1.01. The molecule has 6 nitrogen and oxygen atoms in total. The molecule has 1 fully saturated rings. The van der Waals surface area contributed by atoms with Gasteiger partial charge >= 0.3 is 5.97 Å². The molecule has 0 bridgehead atoms. The van der Waals surface area contributed by atoms with Gasteiger partial charge in [0.05, 0.1) is 18.8 Å². The first-order valence-electron chi connectivity index (χ1n) is 6.33. The fraction of sp³-hybridized carbons (Fsp3) is 0.462. The topological polar surface area (TPSA) is 87.8 Å². The molecule has 1 aromatic carbocycles. The van der Waals surface area contributed by atoms with E-state index in [1.807, 2.05) is 0 Å². The van der Waals surface area contributed by atoms with Crippen molar-refractivity contribution in [1.29, 1.82) is 0 Å². The van der Waals surface area contributed by atoms with E-state index in [1.165, 1.54) is 0 Å².